The Kier molecular flexibility index (Phi) is 5.20. The van der Waals surface area contributed by atoms with Crippen LogP contribution in [0.15, 0.2) is 59.4 Å². The van der Waals surface area contributed by atoms with Gasteiger partial charge in [-0.1, -0.05) is 37.3 Å². The fourth-order valence-corrected chi connectivity index (χ4v) is 5.16. The van der Waals surface area contributed by atoms with Crippen molar-refractivity contribution in [1.29, 1.82) is 0 Å². The first-order valence-corrected chi connectivity index (χ1v) is 11.9. The highest BCUT2D eigenvalue weighted by atomic mass is 19.1. The molecule has 4 heterocycles. The zero-order valence-electron chi connectivity index (χ0n) is 19.9. The molecule has 2 aromatic carbocycles. The molecular weight excluding hydrogens is 477 g/mol. The van der Waals surface area contributed by atoms with Crippen molar-refractivity contribution in [3.8, 4) is 11.4 Å². The van der Waals surface area contributed by atoms with Gasteiger partial charge in [0.2, 0.25) is 0 Å². The number of pyridine rings is 2. The number of hydrogen-bond acceptors (Lipinski definition) is 6. The number of carbonyl (C=O) groups is 2. The van der Waals surface area contributed by atoms with Gasteiger partial charge in [-0.2, -0.15) is 0 Å². The number of benzene rings is 2. The first-order valence-electron chi connectivity index (χ1n) is 11.9. The normalized spacial score (nSPS) is 17.6. The van der Waals surface area contributed by atoms with Crippen LogP contribution in [-0.4, -0.2) is 26.5 Å². The van der Waals surface area contributed by atoms with E-state index in [9.17, 15) is 23.9 Å². The van der Waals surface area contributed by atoms with Gasteiger partial charge in [0, 0.05) is 23.1 Å². The molecule has 0 spiro atoms. The van der Waals surface area contributed by atoms with E-state index in [0.29, 0.717) is 33.4 Å². The number of nitrogens with one attached hydrogen (secondary N) is 1. The van der Waals surface area contributed by atoms with E-state index in [0.717, 1.165) is 5.56 Å². The SMILES string of the molecule is CC[C@@]1(O)C(=O)OCc2c1cc1n(c2=O)Cc2c-1nc1ccccc1c2C(=O)NCc1ccc(F)cc1. The molecule has 2 N–H and O–H groups in total. The van der Waals surface area contributed by atoms with Gasteiger partial charge >= 0.3 is 5.97 Å². The molecule has 1 amide bonds. The lowest BCUT2D eigenvalue weighted by Crippen LogP contribution is -2.44. The summed E-state index contributed by atoms with van der Waals surface area (Å²) in [4.78, 5) is 44.2. The van der Waals surface area contributed by atoms with E-state index < -0.39 is 17.1 Å². The predicted octanol–water partition coefficient (Wildman–Crippen LogP) is 3.15. The summed E-state index contributed by atoms with van der Waals surface area (Å²) in [5, 5.41) is 14.6. The molecule has 0 radical (unpaired) electrons. The third-order valence-electron chi connectivity index (χ3n) is 7.19. The Morgan fingerprint density at radius 3 is 2.68 bits per heavy atom. The van der Waals surface area contributed by atoms with E-state index in [1.54, 1.807) is 37.3 Å². The lowest BCUT2D eigenvalue weighted by Gasteiger charge is -2.31. The maximum Gasteiger partial charge on any atom is 0.343 e. The standard InChI is InChI=1S/C28H22FN3O5/c1-2-28(36)20-11-22-24-18(13-32(22)26(34)19(20)14-37-27(28)35)23(17-5-3-4-6-21(17)31-24)25(33)30-12-15-7-9-16(29)10-8-15/h3-11,36H,2,12-14H2,1H3,(H,30,33)/t28-/m0/s1. The van der Waals surface area contributed by atoms with E-state index in [-0.39, 0.29) is 49.0 Å². The molecule has 2 aromatic heterocycles. The number of ether oxygens (including phenoxy) is 1. The number of aliphatic hydroxyl groups is 1. The van der Waals surface area contributed by atoms with Crippen LogP contribution in [0.3, 0.4) is 0 Å². The third kappa shape index (κ3) is 3.46. The van der Waals surface area contributed by atoms with Crippen LogP contribution in [0.25, 0.3) is 22.3 Å². The van der Waals surface area contributed by atoms with Gasteiger partial charge in [0.05, 0.1) is 34.6 Å². The van der Waals surface area contributed by atoms with Crippen molar-refractivity contribution in [2.45, 2.75) is 38.6 Å². The monoisotopic (exact) mass is 499 g/mol. The Hall–Kier alpha value is -4.37. The molecule has 0 unspecified atom stereocenters. The fourth-order valence-electron chi connectivity index (χ4n) is 5.16. The van der Waals surface area contributed by atoms with Crippen LogP contribution in [-0.2, 0) is 34.8 Å². The minimum absolute atomic E-state index is 0.0385. The molecule has 186 valence electrons. The quantitative estimate of drug-likeness (QED) is 0.368. The number of cyclic esters (lactones) is 1. The van der Waals surface area contributed by atoms with Gasteiger partial charge in [0.25, 0.3) is 11.5 Å². The van der Waals surface area contributed by atoms with Gasteiger partial charge in [-0.05, 0) is 36.2 Å². The van der Waals surface area contributed by atoms with Crippen LogP contribution in [0.1, 0.15) is 46.0 Å². The summed E-state index contributed by atoms with van der Waals surface area (Å²) >= 11 is 0. The van der Waals surface area contributed by atoms with E-state index >= 15 is 0 Å². The van der Waals surface area contributed by atoms with Crippen LogP contribution >= 0.6 is 0 Å². The lowest BCUT2D eigenvalue weighted by atomic mass is 9.86. The summed E-state index contributed by atoms with van der Waals surface area (Å²) in [5.41, 5.74) is 1.24. The largest absolute Gasteiger partial charge is 0.458 e. The number of hydrogen-bond donors (Lipinski definition) is 2. The molecule has 2 aliphatic heterocycles. The predicted molar refractivity (Wildman–Crippen MR) is 132 cm³/mol. The summed E-state index contributed by atoms with van der Waals surface area (Å²) in [6.07, 6.45) is 0.0385. The molecule has 37 heavy (non-hydrogen) atoms. The van der Waals surface area contributed by atoms with Gasteiger partial charge < -0.3 is 19.7 Å². The van der Waals surface area contributed by atoms with Gasteiger partial charge in [-0.15, -0.1) is 0 Å². The van der Waals surface area contributed by atoms with Crippen LogP contribution in [0, 0.1) is 5.82 Å². The third-order valence-corrected chi connectivity index (χ3v) is 7.19. The number of carbonyl (C=O) groups excluding carboxylic acids is 2. The molecule has 8 nitrogen and oxygen atoms in total. The maximum absolute atomic E-state index is 13.5. The summed E-state index contributed by atoms with van der Waals surface area (Å²) in [6.45, 7) is 1.71. The molecule has 0 saturated carbocycles. The summed E-state index contributed by atoms with van der Waals surface area (Å²) in [7, 11) is 0. The highest BCUT2D eigenvalue weighted by Gasteiger charge is 2.45. The molecule has 9 heteroatoms. The Balaban J connectivity index is 1.50. The zero-order valence-corrected chi connectivity index (χ0v) is 19.9. The van der Waals surface area contributed by atoms with Gasteiger partial charge in [0.1, 0.15) is 12.4 Å². The number of aromatic nitrogens is 2. The van der Waals surface area contributed by atoms with Crippen molar-refractivity contribution < 1.29 is 23.8 Å². The molecule has 6 rings (SSSR count). The van der Waals surface area contributed by atoms with Crippen molar-refractivity contribution in [2.75, 3.05) is 0 Å². The van der Waals surface area contributed by atoms with E-state index in [4.69, 9.17) is 9.72 Å². The maximum atomic E-state index is 13.5. The first kappa shape index (κ1) is 23.1. The second kappa shape index (κ2) is 8.35. The number of para-hydroxylation sites is 1. The number of nitrogens with zero attached hydrogens (tertiary/aromatic N) is 2. The van der Waals surface area contributed by atoms with E-state index in [1.165, 1.54) is 16.7 Å². The van der Waals surface area contributed by atoms with Crippen molar-refractivity contribution in [3.05, 3.63) is 98.6 Å². The highest BCUT2D eigenvalue weighted by molar-refractivity contribution is 6.09. The molecule has 4 aromatic rings. The van der Waals surface area contributed by atoms with Crippen molar-refractivity contribution in [2.24, 2.45) is 0 Å². The molecule has 1 atom stereocenters. The van der Waals surface area contributed by atoms with Gasteiger partial charge in [0.15, 0.2) is 5.60 Å². The highest BCUT2D eigenvalue weighted by Crippen LogP contribution is 2.40. The molecule has 0 bridgehead atoms. The fraction of sp³-hybridized carbons (Fsp3) is 0.214. The molecule has 0 saturated heterocycles. The van der Waals surface area contributed by atoms with Crippen LogP contribution in [0.4, 0.5) is 4.39 Å². The summed E-state index contributed by atoms with van der Waals surface area (Å²) < 4.78 is 19.9. The van der Waals surface area contributed by atoms with Crippen molar-refractivity contribution in [3.63, 3.8) is 0 Å². The minimum atomic E-state index is -1.93. The van der Waals surface area contributed by atoms with Gasteiger partial charge in [-0.25, -0.2) is 14.2 Å². The van der Waals surface area contributed by atoms with E-state index in [2.05, 4.69) is 5.32 Å². The molecule has 0 fully saturated rings. The first-order chi connectivity index (χ1) is 17.8. The average molecular weight is 499 g/mol. The lowest BCUT2D eigenvalue weighted by molar-refractivity contribution is -0.172. The summed E-state index contributed by atoms with van der Waals surface area (Å²) in [5.74, 6) is -1.51. The Labute approximate surface area is 210 Å². The minimum Gasteiger partial charge on any atom is -0.458 e. The number of rotatable bonds is 4. The Morgan fingerprint density at radius 1 is 1.16 bits per heavy atom. The smallest absolute Gasteiger partial charge is 0.343 e. The van der Waals surface area contributed by atoms with Gasteiger partial charge in [-0.3, -0.25) is 9.59 Å². The molecular formula is C28H22FN3O5. The summed E-state index contributed by atoms with van der Waals surface area (Å²) in [6, 6.07) is 14.7. The Bertz CT molecular complexity index is 1680. The number of esters is 1. The second-order valence-corrected chi connectivity index (χ2v) is 9.24. The number of amides is 1. The van der Waals surface area contributed by atoms with Crippen LogP contribution in [0.2, 0.25) is 0 Å². The molecule has 2 aliphatic rings. The van der Waals surface area contributed by atoms with Crippen molar-refractivity contribution in [1.82, 2.24) is 14.9 Å². The van der Waals surface area contributed by atoms with Crippen LogP contribution in [0.5, 0.6) is 0 Å². The zero-order chi connectivity index (χ0) is 25.9. The number of halogens is 1. The van der Waals surface area contributed by atoms with Crippen LogP contribution < -0.4 is 10.9 Å². The molecule has 0 aliphatic carbocycles. The Morgan fingerprint density at radius 2 is 1.92 bits per heavy atom. The topological polar surface area (TPSA) is 111 Å². The average Bonchev–Trinajstić information content (AvgIpc) is 3.27. The van der Waals surface area contributed by atoms with Crippen molar-refractivity contribution >= 4 is 22.8 Å². The number of fused-ring (bicyclic) bond motifs is 5. The second-order valence-electron chi connectivity index (χ2n) is 9.24. The van der Waals surface area contributed by atoms with E-state index in [1.807, 2.05) is 12.1 Å².